The van der Waals surface area contributed by atoms with E-state index in [9.17, 15) is 0 Å². The van der Waals surface area contributed by atoms with Gasteiger partial charge in [0.2, 0.25) is 0 Å². The molecular weight excluding hydrogens is 432 g/mol. The minimum Gasteiger partial charge on any atom is -0.107 e. The van der Waals surface area contributed by atoms with Crippen molar-refractivity contribution in [3.8, 4) is 0 Å². The van der Waals surface area contributed by atoms with Crippen molar-refractivity contribution in [3.05, 3.63) is 93.1 Å². The summed E-state index contributed by atoms with van der Waals surface area (Å²) in [6.07, 6.45) is 2.53. The van der Waals surface area contributed by atoms with E-state index in [-0.39, 0.29) is 0 Å². The number of rotatable bonds is 8. The highest BCUT2D eigenvalue weighted by Crippen LogP contribution is 2.47. The maximum atomic E-state index is 4.16. The standard InChI is InChI=1S/C36H49/c1-21(2)27-15-13-16-28(22(3)4)35(27)33-20-34(32(26(11)12)19-31(33)25(9)10)36-29(23(5)6)17-14-18-30(36)24(7)8/h13-19,21-26H,1-12H3. The third kappa shape index (κ3) is 5.50. The Hall–Kier alpha value is -2.30. The summed E-state index contributed by atoms with van der Waals surface area (Å²) in [5.41, 5.74) is 16.8. The molecule has 0 heteroatoms. The maximum Gasteiger partial charge on any atom is 0.0381 e. The Kier molecular flexibility index (Phi) is 8.95. The van der Waals surface area contributed by atoms with E-state index < -0.39 is 0 Å². The lowest BCUT2D eigenvalue weighted by molar-refractivity contribution is 0.718. The molecule has 2 aromatic rings. The topological polar surface area (TPSA) is 0 Å². The van der Waals surface area contributed by atoms with Gasteiger partial charge >= 0.3 is 0 Å². The van der Waals surface area contributed by atoms with Crippen molar-refractivity contribution in [1.29, 1.82) is 0 Å². The molecule has 1 aliphatic carbocycles. The zero-order valence-electron chi connectivity index (χ0n) is 25.0. The van der Waals surface area contributed by atoms with Crippen molar-refractivity contribution in [2.75, 3.05) is 0 Å². The summed E-state index contributed by atoms with van der Waals surface area (Å²) >= 11 is 0. The highest BCUT2D eigenvalue weighted by atomic mass is 14.3. The van der Waals surface area contributed by atoms with Gasteiger partial charge in [-0.1, -0.05) is 126 Å². The van der Waals surface area contributed by atoms with Gasteiger partial charge in [-0.25, -0.2) is 0 Å². The van der Waals surface area contributed by atoms with Gasteiger partial charge in [0.25, 0.3) is 0 Å². The summed E-state index contributed by atoms with van der Waals surface area (Å²) in [4.78, 5) is 0. The van der Waals surface area contributed by atoms with Gasteiger partial charge in [0.15, 0.2) is 0 Å². The first-order valence-electron chi connectivity index (χ1n) is 14.2. The van der Waals surface area contributed by atoms with Gasteiger partial charge in [-0.15, -0.1) is 5.73 Å². The zero-order valence-corrected chi connectivity index (χ0v) is 25.0. The number of hydrogen-bond donors (Lipinski definition) is 0. The third-order valence-corrected chi connectivity index (χ3v) is 7.63. The normalized spacial score (nSPS) is 15.0. The van der Waals surface area contributed by atoms with Gasteiger partial charge < -0.3 is 0 Å². The van der Waals surface area contributed by atoms with E-state index >= 15 is 0 Å². The monoisotopic (exact) mass is 481 g/mol. The molecule has 3 rings (SSSR count). The largest absolute Gasteiger partial charge is 0.107 e. The molecule has 0 heterocycles. The second-order valence-electron chi connectivity index (χ2n) is 12.5. The first kappa shape index (κ1) is 28.3. The molecule has 0 saturated heterocycles. The van der Waals surface area contributed by atoms with Crippen LogP contribution in [0.4, 0.5) is 0 Å². The van der Waals surface area contributed by atoms with Crippen LogP contribution in [-0.2, 0) is 0 Å². The molecule has 0 aliphatic heterocycles. The SMILES string of the molecule is CC(C)[C]1C=C(C(C)C)C(c2c(C(C)C)cccc2C(C)C)=C=C1c1c(C(C)C)cccc1C(C)C. The third-order valence-electron chi connectivity index (χ3n) is 7.63. The average Bonchev–Trinajstić information content (AvgIpc) is 2.81. The van der Waals surface area contributed by atoms with Crippen LogP contribution >= 0.6 is 0 Å². The molecule has 1 radical (unpaired) electrons. The van der Waals surface area contributed by atoms with Crippen LogP contribution in [0, 0.1) is 17.8 Å². The number of hydrogen-bond acceptors (Lipinski definition) is 0. The first-order valence-corrected chi connectivity index (χ1v) is 14.2. The van der Waals surface area contributed by atoms with E-state index in [2.05, 4.69) is 131 Å². The molecule has 0 amide bonds. The minimum absolute atomic E-state index is 0.424. The predicted molar refractivity (Wildman–Crippen MR) is 161 cm³/mol. The molecule has 0 fully saturated rings. The van der Waals surface area contributed by atoms with Crippen LogP contribution in [0.3, 0.4) is 0 Å². The fourth-order valence-corrected chi connectivity index (χ4v) is 5.58. The summed E-state index contributed by atoms with van der Waals surface area (Å²) in [7, 11) is 0. The van der Waals surface area contributed by atoms with Crippen LogP contribution < -0.4 is 0 Å². The van der Waals surface area contributed by atoms with Gasteiger partial charge in [-0.3, -0.25) is 0 Å². The molecule has 0 atom stereocenters. The van der Waals surface area contributed by atoms with Gasteiger partial charge in [0.1, 0.15) is 0 Å². The Labute approximate surface area is 222 Å². The molecule has 0 saturated carbocycles. The molecule has 193 valence electrons. The fraction of sp³-hybridized carbons (Fsp3) is 0.500. The van der Waals surface area contributed by atoms with Crippen LogP contribution in [0.1, 0.15) is 140 Å². The molecule has 1 aliphatic rings. The summed E-state index contributed by atoms with van der Waals surface area (Å²) < 4.78 is 0. The Morgan fingerprint density at radius 1 is 0.444 bits per heavy atom. The van der Waals surface area contributed by atoms with E-state index in [1.54, 1.807) is 0 Å². The van der Waals surface area contributed by atoms with Crippen LogP contribution in [0.2, 0.25) is 0 Å². The molecule has 0 N–H and O–H groups in total. The van der Waals surface area contributed by atoms with Crippen molar-refractivity contribution >= 4 is 11.1 Å². The summed E-state index contributed by atoms with van der Waals surface area (Å²) in [5, 5.41) is 0. The molecule has 36 heavy (non-hydrogen) atoms. The van der Waals surface area contributed by atoms with Crippen LogP contribution in [0.25, 0.3) is 11.1 Å². The van der Waals surface area contributed by atoms with Gasteiger partial charge in [0, 0.05) is 17.1 Å². The number of allylic oxidation sites excluding steroid dienone is 3. The lowest BCUT2D eigenvalue weighted by Crippen LogP contribution is -2.16. The summed E-state index contributed by atoms with van der Waals surface area (Å²) in [6, 6.07) is 13.8. The van der Waals surface area contributed by atoms with E-state index in [0.717, 1.165) is 0 Å². The van der Waals surface area contributed by atoms with E-state index in [1.807, 2.05) is 0 Å². The molecular formula is C36H49. The van der Waals surface area contributed by atoms with Crippen molar-refractivity contribution in [3.63, 3.8) is 0 Å². The van der Waals surface area contributed by atoms with E-state index in [0.29, 0.717) is 35.5 Å². The Morgan fingerprint density at radius 2 is 0.806 bits per heavy atom. The minimum atomic E-state index is 0.424. The average molecular weight is 482 g/mol. The van der Waals surface area contributed by atoms with Gasteiger partial charge in [-0.05, 0) is 74.5 Å². The van der Waals surface area contributed by atoms with Crippen molar-refractivity contribution in [1.82, 2.24) is 0 Å². The molecule has 0 bridgehead atoms. The van der Waals surface area contributed by atoms with E-state index in [1.165, 1.54) is 56.0 Å². The summed E-state index contributed by atoms with van der Waals surface area (Å²) in [6.45, 7) is 28.0. The lowest BCUT2D eigenvalue weighted by atomic mass is 9.71. The quantitative estimate of drug-likeness (QED) is 0.329. The highest BCUT2D eigenvalue weighted by Gasteiger charge is 2.31. The molecule has 0 unspecified atom stereocenters. The lowest BCUT2D eigenvalue weighted by Gasteiger charge is -2.32. The van der Waals surface area contributed by atoms with Gasteiger partial charge in [0.05, 0.1) is 0 Å². The van der Waals surface area contributed by atoms with Crippen molar-refractivity contribution < 1.29 is 0 Å². The van der Waals surface area contributed by atoms with E-state index in [4.69, 9.17) is 0 Å². The fourth-order valence-electron chi connectivity index (χ4n) is 5.58. The molecule has 0 spiro atoms. The Bertz CT molecular complexity index is 1120. The smallest absolute Gasteiger partial charge is 0.0381 e. The summed E-state index contributed by atoms with van der Waals surface area (Å²) in [5.74, 6) is 4.08. The predicted octanol–water partition coefficient (Wildman–Crippen LogP) is 11.1. The Balaban J connectivity index is 2.58. The molecule has 2 aromatic carbocycles. The second-order valence-corrected chi connectivity index (χ2v) is 12.5. The Morgan fingerprint density at radius 3 is 1.11 bits per heavy atom. The van der Waals surface area contributed by atoms with Crippen LogP contribution in [0.5, 0.6) is 0 Å². The van der Waals surface area contributed by atoms with Crippen LogP contribution in [-0.4, -0.2) is 0 Å². The molecule has 0 aromatic heterocycles. The maximum absolute atomic E-state index is 4.16. The highest BCUT2D eigenvalue weighted by molar-refractivity contribution is 5.95. The van der Waals surface area contributed by atoms with Gasteiger partial charge in [-0.2, -0.15) is 0 Å². The molecule has 0 nitrogen and oxygen atoms in total. The number of benzene rings is 2. The zero-order chi connectivity index (χ0) is 26.9. The second kappa shape index (κ2) is 11.4. The van der Waals surface area contributed by atoms with Crippen LogP contribution in [0.15, 0.2) is 53.8 Å². The van der Waals surface area contributed by atoms with Crippen molar-refractivity contribution in [2.45, 2.75) is 107 Å². The van der Waals surface area contributed by atoms with Crippen molar-refractivity contribution in [2.24, 2.45) is 11.8 Å². The first-order chi connectivity index (χ1) is 16.9.